The fourth-order valence-corrected chi connectivity index (χ4v) is 4.56. The summed E-state index contributed by atoms with van der Waals surface area (Å²) in [5.74, 6) is 0.213. The van der Waals surface area contributed by atoms with Crippen LogP contribution in [0.2, 0.25) is 5.02 Å². The van der Waals surface area contributed by atoms with E-state index in [2.05, 4.69) is 9.88 Å². The van der Waals surface area contributed by atoms with E-state index in [-0.39, 0.29) is 18.2 Å². The number of anilines is 2. The molecule has 0 unspecified atom stereocenters. The first kappa shape index (κ1) is 18.3. The second kappa shape index (κ2) is 7.86. The molecule has 0 spiro atoms. The van der Waals surface area contributed by atoms with Gasteiger partial charge in [-0.1, -0.05) is 17.7 Å². The summed E-state index contributed by atoms with van der Waals surface area (Å²) >= 11 is 7.51. The first-order valence-electron chi connectivity index (χ1n) is 9.13. The average molecular weight is 405 g/mol. The standard InChI is InChI=1S/C19H21ClN4O2S/c20-14-3-1-4-16(11-14)22-7-9-23(10-8-22)18(26)12-15-13-27-19(21-15)24-6-2-5-17(24)25/h1,3-4,11,13H,2,5-10,12H2. The number of thiazole rings is 1. The van der Waals surface area contributed by atoms with Gasteiger partial charge in [-0.15, -0.1) is 11.3 Å². The second-order valence-electron chi connectivity index (χ2n) is 6.79. The highest BCUT2D eigenvalue weighted by Gasteiger charge is 2.26. The van der Waals surface area contributed by atoms with E-state index < -0.39 is 0 Å². The Hall–Kier alpha value is -2.12. The first-order chi connectivity index (χ1) is 13.1. The summed E-state index contributed by atoms with van der Waals surface area (Å²) in [6.07, 6.45) is 1.75. The summed E-state index contributed by atoms with van der Waals surface area (Å²) in [5.41, 5.74) is 1.84. The minimum atomic E-state index is 0.0883. The van der Waals surface area contributed by atoms with Crippen LogP contribution in [-0.2, 0) is 16.0 Å². The van der Waals surface area contributed by atoms with Crippen LogP contribution in [0.4, 0.5) is 10.8 Å². The van der Waals surface area contributed by atoms with Gasteiger partial charge in [-0.25, -0.2) is 4.98 Å². The van der Waals surface area contributed by atoms with Gasteiger partial charge in [-0.2, -0.15) is 0 Å². The lowest BCUT2D eigenvalue weighted by molar-refractivity contribution is -0.130. The lowest BCUT2D eigenvalue weighted by atomic mass is 10.2. The van der Waals surface area contributed by atoms with E-state index in [9.17, 15) is 9.59 Å². The molecule has 142 valence electrons. The fourth-order valence-electron chi connectivity index (χ4n) is 3.51. The molecule has 2 aliphatic rings. The SMILES string of the molecule is O=C(Cc1csc(N2CCCC2=O)n1)N1CCN(c2cccc(Cl)c2)CC1. The molecule has 2 amide bonds. The topological polar surface area (TPSA) is 56.8 Å². The molecule has 1 aromatic carbocycles. The monoisotopic (exact) mass is 404 g/mol. The molecule has 2 aliphatic heterocycles. The fraction of sp³-hybridized carbons (Fsp3) is 0.421. The number of halogens is 1. The van der Waals surface area contributed by atoms with E-state index in [0.29, 0.717) is 24.6 Å². The van der Waals surface area contributed by atoms with Gasteiger partial charge in [-0.05, 0) is 24.6 Å². The van der Waals surface area contributed by atoms with Gasteiger partial charge in [0.1, 0.15) is 0 Å². The molecular weight excluding hydrogens is 384 g/mol. The molecule has 8 heteroatoms. The maximum absolute atomic E-state index is 12.6. The molecule has 0 saturated carbocycles. The van der Waals surface area contributed by atoms with Gasteiger partial charge in [0, 0.05) is 55.2 Å². The van der Waals surface area contributed by atoms with Crippen LogP contribution in [0, 0.1) is 0 Å². The Kier molecular flexibility index (Phi) is 5.31. The van der Waals surface area contributed by atoms with Crippen molar-refractivity contribution >= 4 is 45.6 Å². The molecule has 0 N–H and O–H groups in total. The number of rotatable bonds is 4. The maximum atomic E-state index is 12.6. The van der Waals surface area contributed by atoms with Gasteiger partial charge in [0.15, 0.2) is 5.13 Å². The minimum absolute atomic E-state index is 0.0883. The van der Waals surface area contributed by atoms with E-state index >= 15 is 0 Å². The number of piperazine rings is 1. The number of carbonyl (C=O) groups is 2. The maximum Gasteiger partial charge on any atom is 0.228 e. The third-order valence-electron chi connectivity index (χ3n) is 4.98. The molecule has 0 atom stereocenters. The summed E-state index contributed by atoms with van der Waals surface area (Å²) in [4.78, 5) is 34.8. The van der Waals surface area contributed by atoms with Crippen molar-refractivity contribution in [1.29, 1.82) is 0 Å². The number of aromatic nitrogens is 1. The zero-order valence-electron chi connectivity index (χ0n) is 14.9. The Balaban J connectivity index is 1.32. The van der Waals surface area contributed by atoms with Gasteiger partial charge < -0.3 is 9.80 Å². The third-order valence-corrected chi connectivity index (χ3v) is 6.13. The summed E-state index contributed by atoms with van der Waals surface area (Å²) in [6.45, 7) is 3.68. The van der Waals surface area contributed by atoms with Crippen molar-refractivity contribution in [2.75, 3.05) is 42.5 Å². The number of amides is 2. The molecular formula is C19H21ClN4O2S. The van der Waals surface area contributed by atoms with Crippen LogP contribution < -0.4 is 9.80 Å². The van der Waals surface area contributed by atoms with Crippen molar-refractivity contribution < 1.29 is 9.59 Å². The zero-order chi connectivity index (χ0) is 18.8. The summed E-state index contributed by atoms with van der Waals surface area (Å²) in [7, 11) is 0. The molecule has 0 bridgehead atoms. The molecule has 2 fully saturated rings. The Morgan fingerprint density at radius 2 is 2.00 bits per heavy atom. The molecule has 0 aliphatic carbocycles. The summed E-state index contributed by atoms with van der Waals surface area (Å²) < 4.78 is 0. The quantitative estimate of drug-likeness (QED) is 0.786. The van der Waals surface area contributed by atoms with Crippen LogP contribution in [0.3, 0.4) is 0 Å². The number of carbonyl (C=O) groups excluding carboxylic acids is 2. The van der Waals surface area contributed by atoms with Gasteiger partial charge in [0.25, 0.3) is 0 Å². The highest BCUT2D eigenvalue weighted by atomic mass is 35.5. The minimum Gasteiger partial charge on any atom is -0.368 e. The second-order valence-corrected chi connectivity index (χ2v) is 8.07. The van der Waals surface area contributed by atoms with Crippen molar-refractivity contribution in [3.8, 4) is 0 Å². The average Bonchev–Trinajstić information content (AvgIpc) is 3.30. The highest BCUT2D eigenvalue weighted by Crippen LogP contribution is 2.26. The van der Waals surface area contributed by atoms with Gasteiger partial charge in [-0.3, -0.25) is 14.5 Å². The number of nitrogens with zero attached hydrogens (tertiary/aromatic N) is 4. The van der Waals surface area contributed by atoms with E-state index in [4.69, 9.17) is 11.6 Å². The Bertz CT molecular complexity index is 848. The molecule has 2 saturated heterocycles. The largest absolute Gasteiger partial charge is 0.368 e. The van der Waals surface area contributed by atoms with Gasteiger partial charge in [0.05, 0.1) is 12.1 Å². The lowest BCUT2D eigenvalue weighted by Crippen LogP contribution is -2.49. The van der Waals surface area contributed by atoms with E-state index in [1.165, 1.54) is 11.3 Å². The van der Waals surface area contributed by atoms with Crippen molar-refractivity contribution in [2.24, 2.45) is 0 Å². The zero-order valence-corrected chi connectivity index (χ0v) is 16.5. The van der Waals surface area contributed by atoms with Crippen LogP contribution >= 0.6 is 22.9 Å². The Morgan fingerprint density at radius 1 is 1.19 bits per heavy atom. The van der Waals surface area contributed by atoms with Crippen LogP contribution in [0.25, 0.3) is 0 Å². The smallest absolute Gasteiger partial charge is 0.228 e. The summed E-state index contributed by atoms with van der Waals surface area (Å²) in [5, 5.41) is 3.33. The molecule has 6 nitrogen and oxygen atoms in total. The molecule has 2 aromatic rings. The van der Waals surface area contributed by atoms with Gasteiger partial charge >= 0.3 is 0 Å². The van der Waals surface area contributed by atoms with Crippen LogP contribution in [0.1, 0.15) is 18.5 Å². The lowest BCUT2D eigenvalue weighted by Gasteiger charge is -2.36. The Labute approximate surface area is 167 Å². The van der Waals surface area contributed by atoms with Gasteiger partial charge in [0.2, 0.25) is 11.8 Å². The predicted octanol–water partition coefficient (Wildman–Crippen LogP) is 2.81. The number of benzene rings is 1. The molecule has 4 rings (SSSR count). The normalized spacial score (nSPS) is 17.7. The number of hydrogen-bond donors (Lipinski definition) is 0. The van der Waals surface area contributed by atoms with Crippen LogP contribution in [0.15, 0.2) is 29.6 Å². The van der Waals surface area contributed by atoms with Crippen molar-refractivity contribution in [3.63, 3.8) is 0 Å². The van der Waals surface area contributed by atoms with E-state index in [1.54, 1.807) is 4.90 Å². The van der Waals surface area contributed by atoms with Crippen molar-refractivity contribution in [1.82, 2.24) is 9.88 Å². The van der Waals surface area contributed by atoms with Crippen LogP contribution in [0.5, 0.6) is 0 Å². The Morgan fingerprint density at radius 3 is 2.70 bits per heavy atom. The molecule has 27 heavy (non-hydrogen) atoms. The van der Waals surface area contributed by atoms with Crippen molar-refractivity contribution in [3.05, 3.63) is 40.4 Å². The third kappa shape index (κ3) is 4.09. The highest BCUT2D eigenvalue weighted by molar-refractivity contribution is 7.14. The molecule has 1 aromatic heterocycles. The van der Waals surface area contributed by atoms with E-state index in [1.807, 2.05) is 34.5 Å². The molecule has 0 radical (unpaired) electrons. The summed E-state index contributed by atoms with van der Waals surface area (Å²) in [6, 6.07) is 7.80. The first-order valence-corrected chi connectivity index (χ1v) is 10.4. The molecule has 3 heterocycles. The van der Waals surface area contributed by atoms with E-state index in [0.717, 1.165) is 42.5 Å². The number of hydrogen-bond acceptors (Lipinski definition) is 5. The predicted molar refractivity (Wildman–Crippen MR) is 108 cm³/mol. The van der Waals surface area contributed by atoms with Crippen molar-refractivity contribution in [2.45, 2.75) is 19.3 Å². The van der Waals surface area contributed by atoms with Crippen LogP contribution in [-0.4, -0.2) is 54.4 Å².